The highest BCUT2D eigenvalue weighted by atomic mass is 79.9. The second kappa shape index (κ2) is 5.98. The van der Waals surface area contributed by atoms with Crippen LogP contribution < -0.4 is 5.32 Å². The van der Waals surface area contributed by atoms with Crippen molar-refractivity contribution in [1.29, 1.82) is 0 Å². The molecule has 1 heterocycles. The summed E-state index contributed by atoms with van der Waals surface area (Å²) in [6, 6.07) is 2.04. The molecule has 1 aromatic rings. The lowest BCUT2D eigenvalue weighted by Crippen LogP contribution is -2.10. The lowest BCUT2D eigenvalue weighted by atomic mass is 10.3. The summed E-state index contributed by atoms with van der Waals surface area (Å²) in [5, 5.41) is 3.19. The van der Waals surface area contributed by atoms with Crippen molar-refractivity contribution in [2.75, 3.05) is 25.1 Å². The lowest BCUT2D eigenvalue weighted by molar-refractivity contribution is 0.158. The van der Waals surface area contributed by atoms with E-state index in [1.54, 1.807) is 0 Å². The summed E-state index contributed by atoms with van der Waals surface area (Å²) in [6.45, 7) is 6.24. The smallest absolute Gasteiger partial charge is 0.140 e. The molecule has 0 saturated carbocycles. The first-order chi connectivity index (χ1) is 6.74. The average molecular weight is 259 g/mol. The van der Waals surface area contributed by atoms with Crippen molar-refractivity contribution in [2.45, 2.75) is 13.8 Å². The van der Waals surface area contributed by atoms with E-state index in [2.05, 4.69) is 26.2 Å². The van der Waals surface area contributed by atoms with Gasteiger partial charge in [-0.25, -0.2) is 4.98 Å². The minimum absolute atomic E-state index is 0.707. The summed E-state index contributed by atoms with van der Waals surface area (Å²) in [6.07, 6.45) is 1.84. The van der Waals surface area contributed by atoms with Crippen molar-refractivity contribution in [3.05, 3.63) is 22.3 Å². The number of nitrogens with one attached hydrogen (secondary N) is 1. The van der Waals surface area contributed by atoms with Gasteiger partial charge in [0.15, 0.2) is 0 Å². The first kappa shape index (κ1) is 11.5. The Kier molecular flexibility index (Phi) is 4.90. The standard InChI is InChI=1S/C10H15BrN2O/c1-3-14-5-4-12-10-9(11)6-8(2)7-13-10/h6-7H,3-5H2,1-2H3,(H,12,13). The maximum atomic E-state index is 5.21. The topological polar surface area (TPSA) is 34.1 Å². The van der Waals surface area contributed by atoms with Gasteiger partial charge in [-0.2, -0.15) is 0 Å². The SMILES string of the molecule is CCOCCNc1ncc(C)cc1Br. The van der Waals surface area contributed by atoms with Gasteiger partial charge in [-0.05, 0) is 41.4 Å². The van der Waals surface area contributed by atoms with Crippen LogP contribution in [0.3, 0.4) is 0 Å². The van der Waals surface area contributed by atoms with E-state index in [4.69, 9.17) is 4.74 Å². The summed E-state index contributed by atoms with van der Waals surface area (Å²) < 4.78 is 6.21. The van der Waals surface area contributed by atoms with Crippen molar-refractivity contribution >= 4 is 21.7 Å². The van der Waals surface area contributed by atoms with Crippen LogP contribution in [-0.2, 0) is 4.74 Å². The normalized spacial score (nSPS) is 10.2. The van der Waals surface area contributed by atoms with Crippen LogP contribution in [0.2, 0.25) is 0 Å². The van der Waals surface area contributed by atoms with Crippen molar-refractivity contribution in [3.8, 4) is 0 Å². The van der Waals surface area contributed by atoms with Gasteiger partial charge in [-0.1, -0.05) is 0 Å². The second-order valence-electron chi connectivity index (χ2n) is 2.97. The molecule has 0 unspecified atom stereocenters. The minimum atomic E-state index is 0.707. The molecule has 0 aliphatic heterocycles. The Balaban J connectivity index is 2.42. The number of ether oxygens (including phenoxy) is 1. The Morgan fingerprint density at radius 2 is 2.36 bits per heavy atom. The maximum absolute atomic E-state index is 5.21. The van der Waals surface area contributed by atoms with Crippen molar-refractivity contribution in [3.63, 3.8) is 0 Å². The predicted molar refractivity (Wildman–Crippen MR) is 61.7 cm³/mol. The highest BCUT2D eigenvalue weighted by Crippen LogP contribution is 2.19. The summed E-state index contributed by atoms with van der Waals surface area (Å²) in [5.74, 6) is 0.871. The molecule has 4 heteroatoms. The molecule has 0 amide bonds. The van der Waals surface area contributed by atoms with Crippen molar-refractivity contribution in [1.82, 2.24) is 4.98 Å². The van der Waals surface area contributed by atoms with Crippen LogP contribution in [0.1, 0.15) is 12.5 Å². The summed E-state index contributed by atoms with van der Waals surface area (Å²) in [7, 11) is 0. The Morgan fingerprint density at radius 1 is 1.57 bits per heavy atom. The van der Waals surface area contributed by atoms with Gasteiger partial charge in [0.2, 0.25) is 0 Å². The zero-order valence-electron chi connectivity index (χ0n) is 8.51. The molecule has 0 spiro atoms. The van der Waals surface area contributed by atoms with E-state index >= 15 is 0 Å². The molecule has 0 atom stereocenters. The Morgan fingerprint density at radius 3 is 3.00 bits per heavy atom. The molecule has 1 rings (SSSR count). The predicted octanol–water partition coefficient (Wildman–Crippen LogP) is 2.60. The largest absolute Gasteiger partial charge is 0.380 e. The highest BCUT2D eigenvalue weighted by Gasteiger charge is 1.99. The van der Waals surface area contributed by atoms with Crippen molar-refractivity contribution < 1.29 is 4.74 Å². The Labute approximate surface area is 93.0 Å². The molecule has 14 heavy (non-hydrogen) atoms. The molecular weight excluding hydrogens is 244 g/mol. The molecule has 0 aromatic carbocycles. The van der Waals surface area contributed by atoms with E-state index in [-0.39, 0.29) is 0 Å². The molecule has 0 aliphatic carbocycles. The third-order valence-corrected chi connectivity index (χ3v) is 2.33. The monoisotopic (exact) mass is 258 g/mol. The fraction of sp³-hybridized carbons (Fsp3) is 0.500. The summed E-state index contributed by atoms with van der Waals surface area (Å²) in [5.41, 5.74) is 1.15. The fourth-order valence-electron chi connectivity index (χ4n) is 1.05. The van der Waals surface area contributed by atoms with Gasteiger partial charge in [0.25, 0.3) is 0 Å². The summed E-state index contributed by atoms with van der Waals surface area (Å²) >= 11 is 3.45. The number of nitrogens with zero attached hydrogens (tertiary/aromatic N) is 1. The quantitative estimate of drug-likeness (QED) is 0.825. The van der Waals surface area contributed by atoms with Crippen LogP contribution in [0.4, 0.5) is 5.82 Å². The molecule has 1 aromatic heterocycles. The second-order valence-corrected chi connectivity index (χ2v) is 3.82. The zero-order valence-corrected chi connectivity index (χ0v) is 10.1. The van der Waals surface area contributed by atoms with Gasteiger partial charge >= 0.3 is 0 Å². The van der Waals surface area contributed by atoms with Gasteiger partial charge in [-0.15, -0.1) is 0 Å². The molecular formula is C10H15BrN2O. The van der Waals surface area contributed by atoms with Crippen molar-refractivity contribution in [2.24, 2.45) is 0 Å². The number of hydrogen-bond donors (Lipinski definition) is 1. The van der Waals surface area contributed by atoms with E-state index in [0.29, 0.717) is 6.61 Å². The van der Waals surface area contributed by atoms with Crippen LogP contribution in [0.5, 0.6) is 0 Å². The van der Waals surface area contributed by atoms with Gasteiger partial charge in [-0.3, -0.25) is 0 Å². The van der Waals surface area contributed by atoms with Crippen LogP contribution in [-0.4, -0.2) is 24.7 Å². The number of aromatic nitrogens is 1. The molecule has 0 radical (unpaired) electrons. The maximum Gasteiger partial charge on any atom is 0.140 e. The minimum Gasteiger partial charge on any atom is -0.380 e. The van der Waals surface area contributed by atoms with Crippen LogP contribution in [0, 0.1) is 6.92 Å². The third-order valence-electron chi connectivity index (χ3n) is 1.72. The van der Waals surface area contributed by atoms with E-state index in [1.807, 2.05) is 26.1 Å². The average Bonchev–Trinajstić information content (AvgIpc) is 2.15. The van der Waals surface area contributed by atoms with Crippen LogP contribution >= 0.6 is 15.9 Å². The molecule has 1 N–H and O–H groups in total. The van der Waals surface area contributed by atoms with E-state index in [0.717, 1.165) is 29.0 Å². The van der Waals surface area contributed by atoms with E-state index in [1.165, 1.54) is 0 Å². The Bertz CT molecular complexity index is 291. The van der Waals surface area contributed by atoms with E-state index in [9.17, 15) is 0 Å². The van der Waals surface area contributed by atoms with Crippen LogP contribution in [0.25, 0.3) is 0 Å². The van der Waals surface area contributed by atoms with Gasteiger partial charge in [0.1, 0.15) is 5.82 Å². The first-order valence-electron chi connectivity index (χ1n) is 4.67. The fourth-order valence-corrected chi connectivity index (χ4v) is 1.65. The van der Waals surface area contributed by atoms with Gasteiger partial charge < -0.3 is 10.1 Å². The number of anilines is 1. The zero-order chi connectivity index (χ0) is 10.4. The van der Waals surface area contributed by atoms with Gasteiger partial charge in [0.05, 0.1) is 11.1 Å². The van der Waals surface area contributed by atoms with Gasteiger partial charge in [0, 0.05) is 19.3 Å². The summed E-state index contributed by atoms with van der Waals surface area (Å²) in [4.78, 5) is 4.26. The molecule has 3 nitrogen and oxygen atoms in total. The molecule has 0 bridgehead atoms. The number of aryl methyl sites for hydroxylation is 1. The van der Waals surface area contributed by atoms with Crippen LogP contribution in [0.15, 0.2) is 16.7 Å². The lowest BCUT2D eigenvalue weighted by Gasteiger charge is -2.07. The molecule has 0 aliphatic rings. The molecule has 0 saturated heterocycles. The van der Waals surface area contributed by atoms with E-state index < -0.39 is 0 Å². The molecule has 78 valence electrons. The highest BCUT2D eigenvalue weighted by molar-refractivity contribution is 9.10. The number of halogens is 1. The first-order valence-corrected chi connectivity index (χ1v) is 5.47. The number of hydrogen-bond acceptors (Lipinski definition) is 3. The number of pyridine rings is 1. The molecule has 0 fully saturated rings. The third kappa shape index (κ3) is 3.64. The number of rotatable bonds is 5. The Hall–Kier alpha value is -0.610.